The predicted molar refractivity (Wildman–Crippen MR) is 47.2 cm³/mol. The fraction of sp³-hybridized carbons (Fsp3) is 0.250. The Bertz CT molecular complexity index is 317. The molecule has 1 rings (SSSR count). The third kappa shape index (κ3) is 2.30. The van der Waals surface area contributed by atoms with Gasteiger partial charge in [-0.25, -0.2) is 8.78 Å². The van der Waals surface area contributed by atoms with Crippen molar-refractivity contribution in [2.24, 2.45) is 0 Å². The number of carbonyl (C=O) groups is 1. The van der Waals surface area contributed by atoms with Gasteiger partial charge in [-0.3, -0.25) is 9.78 Å². The Morgan fingerprint density at radius 3 is 2.77 bits per heavy atom. The molecule has 1 aromatic rings. The smallest absolute Gasteiger partial charge is 0.266 e. The highest BCUT2D eigenvalue weighted by Gasteiger charge is 2.13. The van der Waals surface area contributed by atoms with Crippen molar-refractivity contribution in [1.29, 1.82) is 0 Å². The molecule has 0 unspecified atom stereocenters. The van der Waals surface area contributed by atoms with E-state index in [1.807, 2.05) is 0 Å². The Labute approximate surface area is 82.1 Å². The largest absolute Gasteiger partial charge is 0.296 e. The van der Waals surface area contributed by atoms with Crippen LogP contribution in [0, 0.1) is 0 Å². The van der Waals surface area contributed by atoms with Gasteiger partial charge in [0.25, 0.3) is 6.43 Å². The van der Waals surface area contributed by atoms with Gasteiger partial charge in [0.05, 0.1) is 0 Å². The van der Waals surface area contributed by atoms with E-state index in [-0.39, 0.29) is 11.3 Å². The lowest BCUT2D eigenvalue weighted by Gasteiger charge is -2.03. The zero-order valence-corrected chi connectivity index (χ0v) is 8.09. The van der Waals surface area contributed by atoms with E-state index < -0.39 is 6.43 Å². The molecule has 0 N–H and O–H groups in total. The Balaban J connectivity index is 3.17. The first-order valence-corrected chi connectivity index (χ1v) is 4.59. The number of rotatable bonds is 3. The summed E-state index contributed by atoms with van der Waals surface area (Å²) in [6.45, 7) is 0. The van der Waals surface area contributed by atoms with Crippen LogP contribution >= 0.6 is 15.9 Å². The molecule has 0 saturated carbocycles. The maximum Gasteiger partial charge on any atom is 0.266 e. The van der Waals surface area contributed by atoms with Gasteiger partial charge in [-0.05, 0) is 11.6 Å². The van der Waals surface area contributed by atoms with E-state index in [4.69, 9.17) is 0 Å². The van der Waals surface area contributed by atoms with Crippen molar-refractivity contribution in [3.8, 4) is 0 Å². The van der Waals surface area contributed by atoms with Crippen LogP contribution in [-0.4, -0.2) is 11.3 Å². The summed E-state index contributed by atoms with van der Waals surface area (Å²) in [4.78, 5) is 13.9. The van der Waals surface area contributed by atoms with Gasteiger partial charge in [0.1, 0.15) is 5.69 Å². The van der Waals surface area contributed by atoms with Crippen LogP contribution in [-0.2, 0) is 5.33 Å². The van der Waals surface area contributed by atoms with Crippen LogP contribution in [0.3, 0.4) is 0 Å². The van der Waals surface area contributed by atoms with Crippen molar-refractivity contribution in [2.75, 3.05) is 0 Å². The van der Waals surface area contributed by atoms with Gasteiger partial charge in [0.2, 0.25) is 0 Å². The SMILES string of the molecule is O=Cc1ncc(CBr)cc1C(F)F. The fourth-order valence-electron chi connectivity index (χ4n) is 0.884. The summed E-state index contributed by atoms with van der Waals surface area (Å²) < 4.78 is 24.6. The third-order valence-electron chi connectivity index (χ3n) is 1.51. The molecule has 0 atom stereocenters. The van der Waals surface area contributed by atoms with Gasteiger partial charge in [-0.15, -0.1) is 0 Å². The highest BCUT2D eigenvalue weighted by molar-refractivity contribution is 9.08. The topological polar surface area (TPSA) is 30.0 Å². The molecule has 0 fully saturated rings. The second-order valence-corrected chi connectivity index (χ2v) is 2.93. The summed E-state index contributed by atoms with van der Waals surface area (Å²) in [6, 6.07) is 1.27. The molecule has 0 aliphatic heterocycles. The molecule has 0 amide bonds. The molecule has 13 heavy (non-hydrogen) atoms. The van der Waals surface area contributed by atoms with Crippen molar-refractivity contribution in [1.82, 2.24) is 4.98 Å². The molecule has 5 heteroatoms. The minimum atomic E-state index is -2.66. The Hall–Kier alpha value is -0.840. The molecule has 1 aromatic heterocycles. The van der Waals surface area contributed by atoms with Crippen LogP contribution in [0.2, 0.25) is 0 Å². The van der Waals surface area contributed by atoms with Crippen molar-refractivity contribution < 1.29 is 13.6 Å². The highest BCUT2D eigenvalue weighted by atomic mass is 79.9. The molecule has 70 valence electrons. The van der Waals surface area contributed by atoms with Gasteiger partial charge in [0, 0.05) is 17.1 Å². The number of alkyl halides is 3. The van der Waals surface area contributed by atoms with Gasteiger partial charge in [0.15, 0.2) is 6.29 Å². The van der Waals surface area contributed by atoms with E-state index in [0.29, 0.717) is 17.2 Å². The van der Waals surface area contributed by atoms with Crippen LogP contribution in [0.5, 0.6) is 0 Å². The molecule has 0 aromatic carbocycles. The molecule has 0 spiro atoms. The summed E-state index contributed by atoms with van der Waals surface area (Å²) >= 11 is 3.11. The molecule has 0 aliphatic rings. The lowest BCUT2D eigenvalue weighted by atomic mass is 10.1. The Kier molecular flexibility index (Phi) is 3.48. The van der Waals surface area contributed by atoms with Gasteiger partial charge < -0.3 is 0 Å². The number of aromatic nitrogens is 1. The van der Waals surface area contributed by atoms with Crippen molar-refractivity contribution in [2.45, 2.75) is 11.8 Å². The second kappa shape index (κ2) is 4.41. The van der Waals surface area contributed by atoms with E-state index in [0.717, 1.165) is 0 Å². The highest BCUT2D eigenvalue weighted by Crippen LogP contribution is 2.22. The normalized spacial score (nSPS) is 10.5. The molecule has 0 aliphatic carbocycles. The van der Waals surface area contributed by atoms with Crippen LogP contribution in [0.25, 0.3) is 0 Å². The second-order valence-electron chi connectivity index (χ2n) is 2.37. The average Bonchev–Trinajstić information content (AvgIpc) is 2.16. The summed E-state index contributed by atoms with van der Waals surface area (Å²) in [6.07, 6.45) is -0.934. The first kappa shape index (κ1) is 10.2. The molecule has 0 bridgehead atoms. The number of aldehydes is 1. The van der Waals surface area contributed by atoms with Crippen molar-refractivity contribution in [3.63, 3.8) is 0 Å². The molecular weight excluding hydrogens is 244 g/mol. The lowest BCUT2D eigenvalue weighted by Crippen LogP contribution is -1.98. The monoisotopic (exact) mass is 249 g/mol. The van der Waals surface area contributed by atoms with Gasteiger partial charge >= 0.3 is 0 Å². The summed E-state index contributed by atoms with van der Waals surface area (Å²) in [5.41, 5.74) is 0.118. The van der Waals surface area contributed by atoms with E-state index in [9.17, 15) is 13.6 Å². The molecule has 1 heterocycles. The van der Waals surface area contributed by atoms with E-state index in [2.05, 4.69) is 20.9 Å². The number of carbonyl (C=O) groups excluding carboxylic acids is 1. The zero-order chi connectivity index (χ0) is 9.84. The lowest BCUT2D eigenvalue weighted by molar-refractivity contribution is 0.110. The average molecular weight is 250 g/mol. The maximum atomic E-state index is 12.3. The van der Waals surface area contributed by atoms with E-state index in [1.54, 1.807) is 0 Å². The van der Waals surface area contributed by atoms with Crippen molar-refractivity contribution in [3.05, 3.63) is 29.1 Å². The Morgan fingerprint density at radius 1 is 1.62 bits per heavy atom. The predicted octanol–water partition coefficient (Wildman–Crippen LogP) is 2.73. The number of hydrogen-bond donors (Lipinski definition) is 0. The van der Waals surface area contributed by atoms with Crippen LogP contribution in [0.15, 0.2) is 12.3 Å². The third-order valence-corrected chi connectivity index (χ3v) is 2.15. The number of pyridine rings is 1. The summed E-state index contributed by atoms with van der Waals surface area (Å²) in [5, 5.41) is 0.443. The molecular formula is C8H6BrF2NO. The minimum Gasteiger partial charge on any atom is -0.296 e. The summed E-state index contributed by atoms with van der Waals surface area (Å²) in [5.74, 6) is 0. The van der Waals surface area contributed by atoms with Crippen LogP contribution in [0.1, 0.15) is 28.0 Å². The quantitative estimate of drug-likeness (QED) is 0.609. The molecule has 2 nitrogen and oxygen atoms in total. The maximum absolute atomic E-state index is 12.3. The standard InChI is InChI=1S/C8H6BrF2NO/c9-2-5-1-6(8(10)11)7(4-13)12-3-5/h1,3-4,8H,2H2. The Morgan fingerprint density at radius 2 is 2.31 bits per heavy atom. The minimum absolute atomic E-state index is 0.195. The van der Waals surface area contributed by atoms with Crippen LogP contribution in [0.4, 0.5) is 8.78 Å². The first-order valence-electron chi connectivity index (χ1n) is 3.47. The van der Waals surface area contributed by atoms with Crippen LogP contribution < -0.4 is 0 Å². The van der Waals surface area contributed by atoms with E-state index in [1.165, 1.54) is 12.3 Å². The van der Waals surface area contributed by atoms with Gasteiger partial charge in [-0.1, -0.05) is 15.9 Å². The molecule has 0 saturated heterocycles. The summed E-state index contributed by atoms with van der Waals surface area (Å²) in [7, 11) is 0. The van der Waals surface area contributed by atoms with Crippen molar-refractivity contribution >= 4 is 22.2 Å². The first-order chi connectivity index (χ1) is 6.19. The zero-order valence-electron chi connectivity index (χ0n) is 6.51. The number of halogens is 3. The molecule has 0 radical (unpaired) electrons. The number of hydrogen-bond acceptors (Lipinski definition) is 2. The fourth-order valence-corrected chi connectivity index (χ4v) is 1.19. The number of nitrogens with zero attached hydrogens (tertiary/aromatic N) is 1. The van der Waals surface area contributed by atoms with Gasteiger partial charge in [-0.2, -0.15) is 0 Å². The van der Waals surface area contributed by atoms with E-state index >= 15 is 0 Å².